The van der Waals surface area contributed by atoms with Gasteiger partial charge in [-0.3, -0.25) is 9.78 Å². The Kier molecular flexibility index (Phi) is 3.05. The number of hydrogen-bond donors (Lipinski definition) is 1. The number of rotatable bonds is 2. The molecule has 16 heavy (non-hydrogen) atoms. The van der Waals surface area contributed by atoms with Gasteiger partial charge in [0, 0.05) is 19.9 Å². The highest BCUT2D eigenvalue weighted by molar-refractivity contribution is 5.94. The van der Waals surface area contributed by atoms with Crippen molar-refractivity contribution in [2.45, 2.75) is 12.5 Å². The number of carbonyl (C=O) groups excluding carboxylic acids is 1. The van der Waals surface area contributed by atoms with E-state index in [1.165, 1.54) is 18.5 Å². The van der Waals surface area contributed by atoms with E-state index in [0.717, 1.165) is 6.42 Å². The van der Waals surface area contributed by atoms with Crippen LogP contribution in [-0.4, -0.2) is 47.2 Å². The van der Waals surface area contributed by atoms with E-state index < -0.39 is 0 Å². The van der Waals surface area contributed by atoms with Crippen molar-refractivity contribution in [1.82, 2.24) is 9.88 Å². The van der Waals surface area contributed by atoms with Crippen molar-refractivity contribution in [3.8, 4) is 5.75 Å². The summed E-state index contributed by atoms with van der Waals surface area (Å²) in [6, 6.07) is 1.54. The molecule has 1 aliphatic rings. The quantitative estimate of drug-likeness (QED) is 0.798. The van der Waals surface area contributed by atoms with Crippen LogP contribution in [0, 0.1) is 0 Å². The smallest absolute Gasteiger partial charge is 0.255 e. The maximum Gasteiger partial charge on any atom is 0.255 e. The van der Waals surface area contributed by atoms with Gasteiger partial charge in [0.05, 0.1) is 24.4 Å². The number of ether oxygens (including phenoxy) is 1. The lowest BCUT2D eigenvalue weighted by atomic mass is 10.2. The molecule has 1 atom stereocenters. The molecule has 2 rings (SSSR count). The zero-order chi connectivity index (χ0) is 11.5. The minimum Gasteiger partial charge on any atom is -0.506 e. The third-order valence-electron chi connectivity index (χ3n) is 2.74. The van der Waals surface area contributed by atoms with Gasteiger partial charge in [-0.25, -0.2) is 0 Å². The number of likely N-dealkylation sites (N-methyl/N-ethyl adjacent to an activating group) is 1. The van der Waals surface area contributed by atoms with Gasteiger partial charge in [-0.15, -0.1) is 0 Å². The van der Waals surface area contributed by atoms with Crippen molar-refractivity contribution >= 4 is 5.91 Å². The second-order valence-corrected chi connectivity index (χ2v) is 3.87. The molecule has 5 nitrogen and oxygen atoms in total. The molecule has 0 aromatic carbocycles. The molecule has 1 aromatic heterocycles. The van der Waals surface area contributed by atoms with Crippen molar-refractivity contribution in [3.63, 3.8) is 0 Å². The first-order valence-electron chi connectivity index (χ1n) is 5.17. The average Bonchev–Trinajstić information content (AvgIpc) is 2.80. The van der Waals surface area contributed by atoms with Crippen molar-refractivity contribution in [3.05, 3.63) is 24.0 Å². The highest BCUT2D eigenvalue weighted by Gasteiger charge is 2.25. The van der Waals surface area contributed by atoms with Crippen LogP contribution in [0.2, 0.25) is 0 Å². The van der Waals surface area contributed by atoms with E-state index >= 15 is 0 Å². The van der Waals surface area contributed by atoms with E-state index in [1.807, 2.05) is 0 Å². The van der Waals surface area contributed by atoms with Crippen LogP contribution in [0.3, 0.4) is 0 Å². The monoisotopic (exact) mass is 222 g/mol. The zero-order valence-corrected chi connectivity index (χ0v) is 9.09. The minimum absolute atomic E-state index is 0.00178. The second-order valence-electron chi connectivity index (χ2n) is 3.87. The van der Waals surface area contributed by atoms with Crippen LogP contribution in [0.5, 0.6) is 5.75 Å². The summed E-state index contributed by atoms with van der Waals surface area (Å²) in [7, 11) is 1.74. The van der Waals surface area contributed by atoms with Gasteiger partial charge in [-0.2, -0.15) is 0 Å². The van der Waals surface area contributed by atoms with Crippen LogP contribution < -0.4 is 0 Å². The normalized spacial score (nSPS) is 19.7. The van der Waals surface area contributed by atoms with E-state index in [4.69, 9.17) is 4.74 Å². The van der Waals surface area contributed by atoms with Crippen LogP contribution in [0.1, 0.15) is 16.8 Å². The lowest BCUT2D eigenvalue weighted by Gasteiger charge is -2.22. The molecule has 0 bridgehead atoms. The average molecular weight is 222 g/mol. The minimum atomic E-state index is -0.140. The van der Waals surface area contributed by atoms with Gasteiger partial charge >= 0.3 is 0 Å². The summed E-state index contributed by atoms with van der Waals surface area (Å²) in [5.74, 6) is -0.138. The first-order chi connectivity index (χ1) is 7.68. The molecule has 1 amide bonds. The molecular weight excluding hydrogens is 208 g/mol. The number of hydrogen-bond acceptors (Lipinski definition) is 4. The molecule has 2 heterocycles. The van der Waals surface area contributed by atoms with Crippen molar-refractivity contribution < 1.29 is 14.6 Å². The number of pyridine rings is 1. The number of amides is 1. The summed E-state index contributed by atoms with van der Waals surface area (Å²) in [6.07, 6.45) is 3.61. The number of aromatic hydroxyl groups is 1. The highest BCUT2D eigenvalue weighted by Crippen LogP contribution is 2.15. The summed E-state index contributed by atoms with van der Waals surface area (Å²) in [6.45, 7) is 1.27. The van der Waals surface area contributed by atoms with Crippen molar-refractivity contribution in [2.24, 2.45) is 0 Å². The molecule has 1 fully saturated rings. The topological polar surface area (TPSA) is 62.7 Å². The molecule has 86 valence electrons. The summed E-state index contributed by atoms with van der Waals surface area (Å²) in [5.41, 5.74) is 0.398. The zero-order valence-electron chi connectivity index (χ0n) is 9.09. The third kappa shape index (κ3) is 2.14. The molecule has 1 N–H and O–H groups in total. The van der Waals surface area contributed by atoms with Gasteiger partial charge in [0.1, 0.15) is 5.75 Å². The first-order valence-corrected chi connectivity index (χ1v) is 5.17. The summed E-state index contributed by atoms with van der Waals surface area (Å²) in [4.78, 5) is 17.4. The van der Waals surface area contributed by atoms with Gasteiger partial charge in [0.15, 0.2) is 0 Å². The number of nitrogens with zero attached hydrogens (tertiary/aromatic N) is 2. The van der Waals surface area contributed by atoms with E-state index in [1.54, 1.807) is 11.9 Å². The summed E-state index contributed by atoms with van der Waals surface area (Å²) >= 11 is 0. The predicted octanol–water partition coefficient (Wildman–Crippen LogP) is 0.648. The standard InChI is InChI=1S/C11H14N2O3/c1-13(9-2-3-16-7-9)11(15)8-4-10(14)6-12-5-8/h4-6,9,14H,2-3,7H2,1H3. The van der Waals surface area contributed by atoms with E-state index in [-0.39, 0.29) is 17.7 Å². The van der Waals surface area contributed by atoms with Gasteiger partial charge in [0.25, 0.3) is 5.91 Å². The molecule has 0 spiro atoms. The van der Waals surface area contributed by atoms with Crippen LogP contribution in [-0.2, 0) is 4.74 Å². The maximum atomic E-state index is 12.0. The molecule has 0 radical (unpaired) electrons. The van der Waals surface area contributed by atoms with Crippen LogP contribution >= 0.6 is 0 Å². The second kappa shape index (κ2) is 4.49. The SMILES string of the molecule is CN(C(=O)c1cncc(O)c1)C1CCOC1. The molecule has 1 aromatic rings. The Labute approximate surface area is 93.7 Å². The lowest BCUT2D eigenvalue weighted by molar-refractivity contribution is 0.0710. The van der Waals surface area contributed by atoms with Crippen molar-refractivity contribution in [1.29, 1.82) is 0 Å². The first kappa shape index (κ1) is 10.9. The Morgan fingerprint density at radius 2 is 2.44 bits per heavy atom. The van der Waals surface area contributed by atoms with Gasteiger partial charge < -0.3 is 14.7 Å². The van der Waals surface area contributed by atoms with Crippen LogP contribution in [0.25, 0.3) is 0 Å². The van der Waals surface area contributed by atoms with Gasteiger partial charge in [0.2, 0.25) is 0 Å². The van der Waals surface area contributed by atoms with E-state index in [0.29, 0.717) is 18.8 Å². The predicted molar refractivity (Wildman–Crippen MR) is 57.2 cm³/mol. The number of aromatic nitrogens is 1. The Morgan fingerprint density at radius 3 is 3.06 bits per heavy atom. The third-order valence-corrected chi connectivity index (χ3v) is 2.74. The fourth-order valence-corrected chi connectivity index (χ4v) is 1.74. The molecule has 1 saturated heterocycles. The van der Waals surface area contributed by atoms with Gasteiger partial charge in [-0.1, -0.05) is 0 Å². The molecule has 0 aliphatic carbocycles. The Bertz CT molecular complexity index is 389. The van der Waals surface area contributed by atoms with Crippen molar-refractivity contribution in [2.75, 3.05) is 20.3 Å². The fourth-order valence-electron chi connectivity index (χ4n) is 1.74. The Hall–Kier alpha value is -1.62. The van der Waals surface area contributed by atoms with E-state index in [2.05, 4.69) is 4.98 Å². The van der Waals surface area contributed by atoms with Gasteiger partial charge in [-0.05, 0) is 12.5 Å². The molecule has 0 saturated carbocycles. The summed E-state index contributed by atoms with van der Waals surface area (Å²) < 4.78 is 5.23. The fraction of sp³-hybridized carbons (Fsp3) is 0.455. The van der Waals surface area contributed by atoms with E-state index in [9.17, 15) is 9.90 Å². The Morgan fingerprint density at radius 1 is 1.62 bits per heavy atom. The van der Waals surface area contributed by atoms with Crippen LogP contribution in [0.15, 0.2) is 18.5 Å². The molecular formula is C11H14N2O3. The Balaban J connectivity index is 2.12. The number of carbonyl (C=O) groups is 1. The lowest BCUT2D eigenvalue weighted by Crippen LogP contribution is -2.37. The molecule has 1 unspecified atom stereocenters. The molecule has 1 aliphatic heterocycles. The highest BCUT2D eigenvalue weighted by atomic mass is 16.5. The molecule has 5 heteroatoms. The largest absolute Gasteiger partial charge is 0.506 e. The maximum absolute atomic E-state index is 12.0. The summed E-state index contributed by atoms with van der Waals surface area (Å²) in [5, 5.41) is 9.25. The van der Waals surface area contributed by atoms with Crippen LogP contribution in [0.4, 0.5) is 0 Å².